The Morgan fingerprint density at radius 1 is 0.523 bits per heavy atom. The molecule has 2 unspecified atom stereocenters. The summed E-state index contributed by atoms with van der Waals surface area (Å²) < 4.78 is 215. The molecule has 0 saturated carbocycles. The molecule has 266 valence electrons. The Bertz CT molecular complexity index is 820. The third-order valence-electron chi connectivity index (χ3n) is 6.21. The highest BCUT2D eigenvalue weighted by Crippen LogP contribution is 2.49. The van der Waals surface area contributed by atoms with Crippen LogP contribution in [0.25, 0.3) is 0 Å². The maximum atomic E-state index is 13.5. The largest absolute Gasteiger partial charge is 0.385 e. The van der Waals surface area contributed by atoms with Gasteiger partial charge in [0.2, 0.25) is 0 Å². The van der Waals surface area contributed by atoms with E-state index in [1.165, 1.54) is 28.2 Å². The van der Waals surface area contributed by atoms with Crippen molar-refractivity contribution < 1.29 is 98.9 Å². The zero-order valence-corrected chi connectivity index (χ0v) is 23.6. The van der Waals surface area contributed by atoms with Crippen molar-refractivity contribution in [2.45, 2.75) is 60.6 Å². The molecule has 0 fully saturated rings. The van der Waals surface area contributed by atoms with Crippen molar-refractivity contribution in [2.75, 3.05) is 80.8 Å². The zero-order chi connectivity index (χ0) is 35.4. The van der Waals surface area contributed by atoms with Crippen LogP contribution in [0.5, 0.6) is 0 Å². The number of nitrogens with zero attached hydrogens (tertiary/aromatic N) is 2. The van der Waals surface area contributed by atoms with E-state index in [0.717, 1.165) is 0 Å². The number of likely N-dealkylation sites (N-methyl/N-ethyl adjacent to an activating group) is 2. The van der Waals surface area contributed by atoms with Crippen LogP contribution in [0.4, 0.5) is 70.2 Å². The van der Waals surface area contributed by atoms with Gasteiger partial charge < -0.3 is 28.7 Å². The average Bonchev–Trinajstić information content (AvgIpc) is 2.81. The number of alkyl halides is 16. The second-order valence-electron chi connectivity index (χ2n) is 11.4. The third-order valence-corrected chi connectivity index (χ3v) is 6.21. The summed E-state index contributed by atoms with van der Waals surface area (Å²) in [7, 11) is 5.80. The Morgan fingerprint density at radius 2 is 0.773 bits per heavy atom. The standard InChI is InChI=1S/C22H34F16N2O4/c1-39(2,7-13(41)9-43-11-17(27,28)21(35,36)19(31,32)15(23)24)5-6-40(3,4)8-14(42)10-44-12-18(29,30)22(37,38)20(33,34)16(25)26/h13-16,41-42H,5-12H2,1-4H3/q+2. The van der Waals surface area contributed by atoms with Crippen molar-refractivity contribution in [3.63, 3.8) is 0 Å². The van der Waals surface area contributed by atoms with Gasteiger partial charge in [0.05, 0.1) is 41.4 Å². The molecule has 0 aliphatic rings. The van der Waals surface area contributed by atoms with Gasteiger partial charge in [-0.3, -0.25) is 0 Å². The van der Waals surface area contributed by atoms with Gasteiger partial charge in [0, 0.05) is 0 Å². The highest BCUT2D eigenvalue weighted by atomic mass is 19.4. The van der Waals surface area contributed by atoms with Crippen LogP contribution in [-0.2, 0) is 9.47 Å². The van der Waals surface area contributed by atoms with Gasteiger partial charge in [0.1, 0.15) is 51.6 Å². The molecule has 0 aromatic rings. The highest BCUT2D eigenvalue weighted by molar-refractivity contribution is 4.98. The SMILES string of the molecule is C[N+](C)(CC[N+](C)(C)CC(O)COCC(F)(F)C(F)(F)C(F)(F)C(F)F)CC(O)COCC(F)(F)C(F)(F)C(F)(F)C(F)F. The summed E-state index contributed by atoms with van der Waals surface area (Å²) in [5.74, 6) is -37.2. The molecule has 2 atom stereocenters. The van der Waals surface area contributed by atoms with Crippen molar-refractivity contribution >= 4 is 0 Å². The molecule has 0 aromatic carbocycles. The molecule has 0 bridgehead atoms. The predicted molar refractivity (Wildman–Crippen MR) is 119 cm³/mol. The molecule has 0 radical (unpaired) electrons. The van der Waals surface area contributed by atoms with Gasteiger partial charge in [-0.15, -0.1) is 0 Å². The normalized spacial score (nSPS) is 16.6. The van der Waals surface area contributed by atoms with Crippen LogP contribution in [-0.4, -0.2) is 161 Å². The lowest BCUT2D eigenvalue weighted by molar-refractivity contribution is -0.948. The van der Waals surface area contributed by atoms with E-state index < -0.39 is 87.0 Å². The fourth-order valence-corrected chi connectivity index (χ4v) is 3.56. The fraction of sp³-hybridized carbons (Fsp3) is 1.00. The van der Waals surface area contributed by atoms with Crippen molar-refractivity contribution in [2.24, 2.45) is 0 Å². The molecule has 6 nitrogen and oxygen atoms in total. The number of aliphatic hydroxyl groups is 2. The van der Waals surface area contributed by atoms with E-state index in [-0.39, 0.29) is 35.1 Å². The molecular weight excluding hydrogens is 660 g/mol. The minimum Gasteiger partial charge on any atom is -0.385 e. The molecule has 0 aromatic heterocycles. The Hall–Kier alpha value is -1.36. The van der Waals surface area contributed by atoms with E-state index >= 15 is 0 Å². The summed E-state index contributed by atoms with van der Waals surface area (Å²) in [6, 6.07) is 0. The van der Waals surface area contributed by atoms with Crippen LogP contribution in [0.3, 0.4) is 0 Å². The number of ether oxygens (including phenoxy) is 2. The van der Waals surface area contributed by atoms with E-state index in [1.54, 1.807) is 0 Å². The Labute approximate surface area is 241 Å². The second-order valence-corrected chi connectivity index (χ2v) is 11.4. The predicted octanol–water partition coefficient (Wildman–Crippen LogP) is 4.24. The highest BCUT2D eigenvalue weighted by Gasteiger charge is 2.76. The number of quaternary nitrogens is 2. The first-order valence-corrected chi connectivity index (χ1v) is 12.3. The topological polar surface area (TPSA) is 58.9 Å². The monoisotopic (exact) mass is 694 g/mol. The first kappa shape index (κ1) is 42.6. The average molecular weight is 694 g/mol. The van der Waals surface area contributed by atoms with Crippen molar-refractivity contribution in [1.29, 1.82) is 0 Å². The summed E-state index contributed by atoms with van der Waals surface area (Å²) in [6.07, 6.45) is -13.6. The molecule has 2 N–H and O–H groups in total. The van der Waals surface area contributed by atoms with E-state index in [9.17, 15) is 80.5 Å². The van der Waals surface area contributed by atoms with E-state index in [2.05, 4.69) is 9.47 Å². The van der Waals surface area contributed by atoms with Gasteiger partial charge in [0.15, 0.2) is 0 Å². The van der Waals surface area contributed by atoms with Crippen molar-refractivity contribution in [3.8, 4) is 0 Å². The summed E-state index contributed by atoms with van der Waals surface area (Å²) in [4.78, 5) is 0. The molecule has 0 aliphatic heterocycles. The number of hydrogen-bond acceptors (Lipinski definition) is 4. The summed E-state index contributed by atoms with van der Waals surface area (Å²) in [5, 5.41) is 20.0. The van der Waals surface area contributed by atoms with Crippen LogP contribution in [0.1, 0.15) is 0 Å². The quantitative estimate of drug-likeness (QED) is 0.140. The van der Waals surface area contributed by atoms with Gasteiger partial charge in [-0.1, -0.05) is 0 Å². The lowest BCUT2D eigenvalue weighted by Crippen LogP contribution is -2.59. The Balaban J connectivity index is 4.88. The Morgan fingerprint density at radius 3 is 1.00 bits per heavy atom. The van der Waals surface area contributed by atoms with Crippen molar-refractivity contribution in [3.05, 3.63) is 0 Å². The van der Waals surface area contributed by atoms with Crippen LogP contribution in [0.2, 0.25) is 0 Å². The van der Waals surface area contributed by atoms with Gasteiger partial charge in [0.25, 0.3) is 0 Å². The first-order valence-electron chi connectivity index (χ1n) is 12.3. The Kier molecular flexibility index (Phi) is 14.1. The first-order chi connectivity index (χ1) is 19.3. The lowest BCUT2D eigenvalue weighted by atomic mass is 10.1. The fourth-order valence-electron chi connectivity index (χ4n) is 3.56. The van der Waals surface area contributed by atoms with Crippen LogP contribution in [0.15, 0.2) is 0 Å². The van der Waals surface area contributed by atoms with Gasteiger partial charge in [-0.25, -0.2) is 17.6 Å². The molecule has 0 saturated heterocycles. The van der Waals surface area contributed by atoms with Crippen LogP contribution in [0, 0.1) is 0 Å². The van der Waals surface area contributed by atoms with Gasteiger partial charge in [-0.2, -0.15) is 52.7 Å². The molecule has 0 aliphatic carbocycles. The maximum absolute atomic E-state index is 13.5. The lowest BCUT2D eigenvalue weighted by Gasteiger charge is -2.37. The molecule has 0 amide bonds. The van der Waals surface area contributed by atoms with Gasteiger partial charge >= 0.3 is 48.4 Å². The van der Waals surface area contributed by atoms with E-state index in [4.69, 9.17) is 0 Å². The smallest absolute Gasteiger partial charge is 0.380 e. The number of hydrogen-bond donors (Lipinski definition) is 2. The number of halogens is 16. The minimum absolute atomic E-state index is 0.0689. The third kappa shape index (κ3) is 10.6. The van der Waals surface area contributed by atoms with E-state index in [0.29, 0.717) is 0 Å². The summed E-state index contributed by atoms with van der Waals surface area (Å²) in [5.41, 5.74) is 0. The van der Waals surface area contributed by atoms with Crippen molar-refractivity contribution in [1.82, 2.24) is 0 Å². The molecule has 44 heavy (non-hydrogen) atoms. The molecule has 0 heterocycles. The summed E-state index contributed by atoms with van der Waals surface area (Å²) >= 11 is 0. The van der Waals surface area contributed by atoms with Crippen LogP contribution >= 0.6 is 0 Å². The van der Waals surface area contributed by atoms with Crippen LogP contribution < -0.4 is 0 Å². The molecule has 22 heteroatoms. The van der Waals surface area contributed by atoms with E-state index in [1.807, 2.05) is 0 Å². The second kappa shape index (κ2) is 14.6. The molecule has 0 rings (SSSR count). The zero-order valence-electron chi connectivity index (χ0n) is 23.6. The minimum atomic E-state index is -6.48. The number of aliphatic hydroxyl groups excluding tert-OH is 2. The summed E-state index contributed by atoms with van der Waals surface area (Å²) in [6.45, 7) is -7.62. The number of rotatable bonds is 21. The van der Waals surface area contributed by atoms with Gasteiger partial charge in [-0.05, 0) is 0 Å². The molecule has 0 spiro atoms. The molecular formula is C22H34F16N2O4+2. The maximum Gasteiger partial charge on any atom is 0.380 e.